The number of aromatic amines is 1. The molecule has 3 aromatic rings. The Kier molecular flexibility index (Phi) is 7.08. The molecule has 2 N–H and O–H groups in total. The van der Waals surface area contributed by atoms with Gasteiger partial charge >= 0.3 is 6.03 Å². The number of aromatic nitrogens is 2. The van der Waals surface area contributed by atoms with Crippen LogP contribution in [0.15, 0.2) is 60.9 Å². The van der Waals surface area contributed by atoms with Crippen molar-refractivity contribution in [1.29, 1.82) is 0 Å². The first-order valence-corrected chi connectivity index (χ1v) is 9.99. The van der Waals surface area contributed by atoms with Crippen LogP contribution in [-0.2, 0) is 6.54 Å². The molecule has 0 fully saturated rings. The van der Waals surface area contributed by atoms with Gasteiger partial charge in [-0.25, -0.2) is 4.79 Å². The summed E-state index contributed by atoms with van der Waals surface area (Å²) in [5, 5.41) is 9.98. The second-order valence-corrected chi connectivity index (χ2v) is 7.75. The van der Waals surface area contributed by atoms with Gasteiger partial charge in [-0.2, -0.15) is 5.10 Å². The summed E-state index contributed by atoms with van der Waals surface area (Å²) in [4.78, 5) is 19.1. The fourth-order valence-electron chi connectivity index (χ4n) is 3.17. The number of benzene rings is 2. The molecule has 0 aliphatic carbocycles. The first-order chi connectivity index (χ1) is 14.4. The van der Waals surface area contributed by atoms with Crippen molar-refractivity contribution in [3.8, 4) is 11.1 Å². The summed E-state index contributed by atoms with van der Waals surface area (Å²) in [5.74, 6) is 0. The highest BCUT2D eigenvalue weighted by molar-refractivity contribution is 5.94. The van der Waals surface area contributed by atoms with E-state index in [0.29, 0.717) is 13.1 Å². The highest BCUT2D eigenvalue weighted by Gasteiger charge is 2.17. The third kappa shape index (κ3) is 5.61. The van der Waals surface area contributed by atoms with Crippen molar-refractivity contribution in [2.45, 2.75) is 6.54 Å². The number of rotatable bonds is 8. The number of anilines is 2. The van der Waals surface area contributed by atoms with E-state index in [1.165, 1.54) is 0 Å². The summed E-state index contributed by atoms with van der Waals surface area (Å²) in [6, 6.07) is 15.9. The summed E-state index contributed by atoms with van der Waals surface area (Å²) >= 11 is 0. The molecule has 7 heteroatoms. The van der Waals surface area contributed by atoms with Crippen LogP contribution >= 0.6 is 0 Å². The number of urea groups is 1. The topological polar surface area (TPSA) is 67.5 Å². The monoisotopic (exact) mass is 406 g/mol. The molecule has 1 aromatic heterocycles. The van der Waals surface area contributed by atoms with Gasteiger partial charge in [-0.05, 0) is 37.4 Å². The van der Waals surface area contributed by atoms with E-state index in [1.54, 1.807) is 6.20 Å². The Balaban J connectivity index is 1.81. The van der Waals surface area contributed by atoms with Gasteiger partial charge < -0.3 is 20.0 Å². The number of hydrogen-bond acceptors (Lipinski definition) is 4. The zero-order chi connectivity index (χ0) is 21.5. The van der Waals surface area contributed by atoms with E-state index in [2.05, 4.69) is 26.5 Å². The molecule has 0 saturated carbocycles. The third-order valence-electron chi connectivity index (χ3n) is 4.87. The molecule has 0 aliphatic heterocycles. The zero-order valence-corrected chi connectivity index (χ0v) is 18.1. The molecular formula is C23H30N6O. The van der Waals surface area contributed by atoms with Gasteiger partial charge in [0.1, 0.15) is 0 Å². The largest absolute Gasteiger partial charge is 0.376 e. The highest BCUT2D eigenvalue weighted by atomic mass is 16.2. The van der Waals surface area contributed by atoms with Crippen LogP contribution in [0.5, 0.6) is 0 Å². The smallest absolute Gasteiger partial charge is 0.322 e. The quantitative estimate of drug-likeness (QED) is 0.598. The van der Waals surface area contributed by atoms with Crippen molar-refractivity contribution in [3.63, 3.8) is 0 Å². The number of nitrogens with zero attached hydrogens (tertiary/aromatic N) is 4. The van der Waals surface area contributed by atoms with E-state index in [-0.39, 0.29) is 6.03 Å². The lowest BCUT2D eigenvalue weighted by Crippen LogP contribution is -2.39. The van der Waals surface area contributed by atoms with Crippen LogP contribution in [0.3, 0.4) is 0 Å². The van der Waals surface area contributed by atoms with Crippen molar-refractivity contribution >= 4 is 17.4 Å². The zero-order valence-electron chi connectivity index (χ0n) is 18.1. The number of carbonyl (C=O) groups is 1. The van der Waals surface area contributed by atoms with Crippen LogP contribution in [0.25, 0.3) is 11.1 Å². The van der Waals surface area contributed by atoms with Crippen molar-refractivity contribution < 1.29 is 4.79 Å². The van der Waals surface area contributed by atoms with Gasteiger partial charge in [-0.1, -0.05) is 36.4 Å². The Morgan fingerprint density at radius 3 is 2.40 bits per heavy atom. The molecule has 0 bridgehead atoms. The SMILES string of the molecule is CN(C)CCN(Cc1ccccc1)C(=O)Nc1ccc(-c2cn[nH]c2)cc1N(C)C. The molecule has 2 aromatic carbocycles. The minimum absolute atomic E-state index is 0.111. The van der Waals surface area contributed by atoms with Gasteiger partial charge in [0.05, 0.1) is 17.6 Å². The van der Waals surface area contributed by atoms with Crippen molar-refractivity contribution in [3.05, 3.63) is 66.5 Å². The number of likely N-dealkylation sites (N-methyl/N-ethyl adjacent to an activating group) is 1. The number of H-pyrrole nitrogens is 1. The average Bonchev–Trinajstić information content (AvgIpc) is 3.26. The molecule has 158 valence electrons. The minimum Gasteiger partial charge on any atom is -0.376 e. The third-order valence-corrected chi connectivity index (χ3v) is 4.87. The molecule has 0 aliphatic rings. The highest BCUT2D eigenvalue weighted by Crippen LogP contribution is 2.30. The Bertz CT molecular complexity index is 938. The second-order valence-electron chi connectivity index (χ2n) is 7.75. The Morgan fingerprint density at radius 1 is 1.00 bits per heavy atom. The van der Waals surface area contributed by atoms with Gasteiger partial charge in [0.25, 0.3) is 0 Å². The van der Waals surface area contributed by atoms with Crippen LogP contribution in [0.4, 0.5) is 16.2 Å². The van der Waals surface area contributed by atoms with Crippen LogP contribution < -0.4 is 10.2 Å². The fourth-order valence-corrected chi connectivity index (χ4v) is 3.17. The van der Waals surface area contributed by atoms with Crippen LogP contribution in [0.2, 0.25) is 0 Å². The summed E-state index contributed by atoms with van der Waals surface area (Å²) < 4.78 is 0. The van der Waals surface area contributed by atoms with Crippen LogP contribution in [0, 0.1) is 0 Å². The Labute approximate surface area is 178 Å². The first-order valence-electron chi connectivity index (χ1n) is 9.99. The fraction of sp³-hybridized carbons (Fsp3) is 0.304. The predicted octanol–water partition coefficient (Wildman–Crippen LogP) is 3.74. The summed E-state index contributed by atoms with van der Waals surface area (Å²) in [6.45, 7) is 1.99. The van der Waals surface area contributed by atoms with E-state index < -0.39 is 0 Å². The van der Waals surface area contributed by atoms with Gasteiger partial charge in [0, 0.05) is 45.5 Å². The maximum absolute atomic E-state index is 13.2. The lowest BCUT2D eigenvalue weighted by Gasteiger charge is -2.26. The number of carbonyl (C=O) groups excluding carboxylic acids is 1. The molecule has 0 saturated heterocycles. The summed E-state index contributed by atoms with van der Waals surface area (Å²) in [5.41, 5.74) is 4.87. The maximum Gasteiger partial charge on any atom is 0.322 e. The molecule has 3 rings (SSSR count). The Morgan fingerprint density at radius 2 is 1.77 bits per heavy atom. The van der Waals surface area contributed by atoms with E-state index in [1.807, 2.05) is 86.7 Å². The molecule has 0 radical (unpaired) electrons. The van der Waals surface area contributed by atoms with Crippen LogP contribution in [0.1, 0.15) is 5.56 Å². The maximum atomic E-state index is 13.2. The van der Waals surface area contributed by atoms with E-state index in [9.17, 15) is 4.79 Å². The Hall–Kier alpha value is -3.32. The summed E-state index contributed by atoms with van der Waals surface area (Å²) in [7, 11) is 7.96. The van der Waals surface area contributed by atoms with E-state index >= 15 is 0 Å². The number of hydrogen-bond donors (Lipinski definition) is 2. The number of nitrogens with one attached hydrogen (secondary N) is 2. The lowest BCUT2D eigenvalue weighted by molar-refractivity contribution is 0.202. The predicted molar refractivity (Wildman–Crippen MR) is 123 cm³/mol. The molecular weight excluding hydrogens is 376 g/mol. The van der Waals surface area contributed by atoms with Crippen LogP contribution in [-0.4, -0.2) is 67.3 Å². The van der Waals surface area contributed by atoms with Gasteiger partial charge in [-0.3, -0.25) is 5.10 Å². The molecule has 0 spiro atoms. The van der Waals surface area contributed by atoms with E-state index in [0.717, 1.165) is 34.6 Å². The van der Waals surface area contributed by atoms with Crippen molar-refractivity contribution in [1.82, 2.24) is 20.0 Å². The molecule has 0 atom stereocenters. The molecule has 7 nitrogen and oxygen atoms in total. The minimum atomic E-state index is -0.111. The molecule has 0 unspecified atom stereocenters. The number of amides is 2. The second kappa shape index (κ2) is 9.93. The van der Waals surface area contributed by atoms with Crippen molar-refractivity contribution in [2.24, 2.45) is 0 Å². The molecule has 2 amide bonds. The molecule has 1 heterocycles. The van der Waals surface area contributed by atoms with E-state index in [4.69, 9.17) is 0 Å². The van der Waals surface area contributed by atoms with Crippen molar-refractivity contribution in [2.75, 3.05) is 51.5 Å². The van der Waals surface area contributed by atoms with Gasteiger partial charge in [0.2, 0.25) is 0 Å². The summed E-state index contributed by atoms with van der Waals surface area (Å²) in [6.07, 6.45) is 3.64. The standard InChI is InChI=1S/C23H30N6O/c1-27(2)12-13-29(17-18-8-6-5-7-9-18)23(30)26-21-11-10-19(14-22(21)28(3)4)20-15-24-25-16-20/h5-11,14-16H,12-13,17H2,1-4H3,(H,24,25)(H,26,30). The average molecular weight is 407 g/mol. The lowest BCUT2D eigenvalue weighted by atomic mass is 10.1. The van der Waals surface area contributed by atoms with Gasteiger partial charge in [-0.15, -0.1) is 0 Å². The molecule has 30 heavy (non-hydrogen) atoms. The first kappa shape index (κ1) is 21.4. The van der Waals surface area contributed by atoms with Gasteiger partial charge in [0.15, 0.2) is 0 Å². The normalized spacial score (nSPS) is 10.8.